The van der Waals surface area contributed by atoms with Gasteiger partial charge in [0, 0.05) is 37.7 Å². The summed E-state index contributed by atoms with van der Waals surface area (Å²) in [4.78, 5) is 5.12. The van der Waals surface area contributed by atoms with E-state index in [9.17, 15) is 0 Å². The van der Waals surface area contributed by atoms with Crippen LogP contribution >= 0.6 is 24.0 Å². The quantitative estimate of drug-likeness (QED) is 0.452. The highest BCUT2D eigenvalue weighted by Gasteiger charge is 2.25. The summed E-state index contributed by atoms with van der Waals surface area (Å²) < 4.78 is 0. The van der Waals surface area contributed by atoms with Crippen molar-refractivity contribution in [3.63, 3.8) is 0 Å². The van der Waals surface area contributed by atoms with E-state index in [0.29, 0.717) is 0 Å². The molecule has 0 aliphatic carbocycles. The Labute approximate surface area is 191 Å². The minimum atomic E-state index is 0. The lowest BCUT2D eigenvalue weighted by Crippen LogP contribution is -2.47. The first-order chi connectivity index (χ1) is 14.3. The molecule has 0 radical (unpaired) electrons. The number of halogens is 2. The van der Waals surface area contributed by atoms with Gasteiger partial charge < -0.3 is 0 Å². The van der Waals surface area contributed by atoms with Crippen LogP contribution in [-0.2, 0) is 0 Å². The first-order valence-electron chi connectivity index (χ1n) is 10.3. The number of hydrogen-bond acceptors (Lipinski definition) is 2. The van der Waals surface area contributed by atoms with E-state index in [1.807, 2.05) is 12.1 Å². The maximum Gasteiger partial charge on any atom is 0.0602 e. The average molecular weight is 439 g/mol. The Morgan fingerprint density at radius 3 is 1.93 bits per heavy atom. The molecule has 1 heterocycles. The largest absolute Gasteiger partial charge is 0.297 e. The molecule has 2 nitrogen and oxygen atoms in total. The van der Waals surface area contributed by atoms with Crippen molar-refractivity contribution in [2.45, 2.75) is 6.04 Å². The van der Waals surface area contributed by atoms with Crippen LogP contribution in [0.5, 0.6) is 0 Å². The fourth-order valence-electron chi connectivity index (χ4n) is 4.00. The Morgan fingerprint density at radius 1 is 0.733 bits per heavy atom. The van der Waals surface area contributed by atoms with Crippen molar-refractivity contribution in [1.29, 1.82) is 0 Å². The Morgan fingerprint density at radius 2 is 1.30 bits per heavy atom. The molecule has 0 N–H and O–H groups in total. The third kappa shape index (κ3) is 5.96. The van der Waals surface area contributed by atoms with Gasteiger partial charge in [-0.15, -0.1) is 12.4 Å². The highest BCUT2D eigenvalue weighted by Crippen LogP contribution is 2.30. The summed E-state index contributed by atoms with van der Waals surface area (Å²) in [5.74, 6) is 0. The van der Waals surface area contributed by atoms with Crippen molar-refractivity contribution in [3.8, 4) is 0 Å². The lowest BCUT2D eigenvalue weighted by molar-refractivity contribution is 0.118. The maximum atomic E-state index is 6.13. The SMILES string of the molecule is Cl.Clc1ccc([C@@H](c2ccccc2)N2CCN(C/C=C/c3ccccc3)CC2)cc1. The van der Waals surface area contributed by atoms with Gasteiger partial charge in [0.25, 0.3) is 0 Å². The monoisotopic (exact) mass is 438 g/mol. The molecule has 0 bridgehead atoms. The number of rotatable bonds is 6. The van der Waals surface area contributed by atoms with E-state index in [1.54, 1.807) is 0 Å². The molecule has 1 aliphatic rings. The molecule has 1 atom stereocenters. The Hall–Kier alpha value is -2.10. The van der Waals surface area contributed by atoms with Gasteiger partial charge in [-0.25, -0.2) is 0 Å². The van der Waals surface area contributed by atoms with Crippen LogP contribution < -0.4 is 0 Å². The lowest BCUT2D eigenvalue weighted by Gasteiger charge is -2.39. The van der Waals surface area contributed by atoms with Crippen molar-refractivity contribution < 1.29 is 0 Å². The number of benzene rings is 3. The highest BCUT2D eigenvalue weighted by atomic mass is 35.5. The molecule has 1 saturated heterocycles. The minimum absolute atomic E-state index is 0. The van der Waals surface area contributed by atoms with Crippen molar-refractivity contribution in [3.05, 3.63) is 113 Å². The summed E-state index contributed by atoms with van der Waals surface area (Å²) in [5.41, 5.74) is 3.91. The van der Waals surface area contributed by atoms with E-state index in [0.717, 1.165) is 37.7 Å². The van der Waals surface area contributed by atoms with Crippen LogP contribution in [0.2, 0.25) is 5.02 Å². The molecule has 0 aromatic heterocycles. The summed E-state index contributed by atoms with van der Waals surface area (Å²) >= 11 is 6.13. The van der Waals surface area contributed by atoms with E-state index in [-0.39, 0.29) is 18.4 Å². The predicted molar refractivity (Wildman–Crippen MR) is 130 cm³/mol. The van der Waals surface area contributed by atoms with Crippen molar-refractivity contribution in [1.82, 2.24) is 9.80 Å². The van der Waals surface area contributed by atoms with Crippen molar-refractivity contribution >= 4 is 30.1 Å². The third-order valence-corrected chi connectivity index (χ3v) is 5.80. The van der Waals surface area contributed by atoms with Gasteiger partial charge in [-0.2, -0.15) is 0 Å². The molecule has 4 rings (SSSR count). The van der Waals surface area contributed by atoms with Crippen LogP contribution in [0.25, 0.3) is 6.08 Å². The molecule has 0 spiro atoms. The minimum Gasteiger partial charge on any atom is -0.297 e. The topological polar surface area (TPSA) is 6.48 Å². The Bertz CT molecular complexity index is 903. The van der Waals surface area contributed by atoms with Gasteiger partial charge in [0.05, 0.1) is 6.04 Å². The molecular formula is C26H28Cl2N2. The second-order valence-corrected chi connectivity index (χ2v) is 7.95. The van der Waals surface area contributed by atoms with E-state index in [1.165, 1.54) is 16.7 Å². The van der Waals surface area contributed by atoms with Crippen LogP contribution in [0, 0.1) is 0 Å². The van der Waals surface area contributed by atoms with Gasteiger partial charge >= 0.3 is 0 Å². The van der Waals surface area contributed by atoms with E-state index >= 15 is 0 Å². The number of piperazine rings is 1. The zero-order valence-electron chi connectivity index (χ0n) is 17.0. The smallest absolute Gasteiger partial charge is 0.0602 e. The molecule has 156 valence electrons. The van der Waals surface area contributed by atoms with Gasteiger partial charge in [0.15, 0.2) is 0 Å². The standard InChI is InChI=1S/C26H27ClN2.ClH/c27-25-15-13-24(14-16-25)26(23-11-5-2-6-12-23)29-20-18-28(19-21-29)17-7-10-22-8-3-1-4-9-22;/h1-16,26H,17-21H2;1H/b10-7+;/t26-;/m1./s1. The van der Waals surface area contributed by atoms with Crippen LogP contribution in [0.15, 0.2) is 91.0 Å². The van der Waals surface area contributed by atoms with E-state index < -0.39 is 0 Å². The maximum absolute atomic E-state index is 6.13. The van der Waals surface area contributed by atoms with Gasteiger partial charge in [0.1, 0.15) is 0 Å². The van der Waals surface area contributed by atoms with Gasteiger partial charge in [-0.3, -0.25) is 9.80 Å². The van der Waals surface area contributed by atoms with Crippen molar-refractivity contribution in [2.75, 3.05) is 32.7 Å². The zero-order valence-corrected chi connectivity index (χ0v) is 18.6. The highest BCUT2D eigenvalue weighted by molar-refractivity contribution is 6.30. The Kier molecular flexibility index (Phi) is 8.53. The Balaban J connectivity index is 0.00000256. The lowest BCUT2D eigenvalue weighted by atomic mass is 9.96. The predicted octanol–water partition coefficient (Wildman–Crippen LogP) is 6.18. The van der Waals surface area contributed by atoms with Crippen LogP contribution in [0.4, 0.5) is 0 Å². The average Bonchev–Trinajstić information content (AvgIpc) is 2.78. The van der Waals surface area contributed by atoms with Crippen LogP contribution in [0.1, 0.15) is 22.7 Å². The van der Waals surface area contributed by atoms with Gasteiger partial charge in [-0.05, 0) is 28.8 Å². The van der Waals surface area contributed by atoms with Crippen LogP contribution in [0.3, 0.4) is 0 Å². The molecule has 1 aliphatic heterocycles. The number of hydrogen-bond donors (Lipinski definition) is 0. The fraction of sp³-hybridized carbons (Fsp3) is 0.231. The van der Waals surface area contributed by atoms with Gasteiger partial charge in [-0.1, -0.05) is 96.5 Å². The molecule has 30 heavy (non-hydrogen) atoms. The summed E-state index contributed by atoms with van der Waals surface area (Å²) in [5, 5.41) is 0.788. The molecule has 4 heteroatoms. The fourth-order valence-corrected chi connectivity index (χ4v) is 4.13. The first-order valence-corrected chi connectivity index (χ1v) is 10.7. The van der Waals surface area contributed by atoms with Gasteiger partial charge in [0.2, 0.25) is 0 Å². The molecule has 1 fully saturated rings. The molecule has 3 aromatic rings. The summed E-state index contributed by atoms with van der Waals surface area (Å²) in [6.07, 6.45) is 4.49. The second-order valence-electron chi connectivity index (χ2n) is 7.51. The van der Waals surface area contributed by atoms with E-state index in [2.05, 4.69) is 94.7 Å². The molecule has 0 unspecified atom stereocenters. The van der Waals surface area contributed by atoms with E-state index in [4.69, 9.17) is 11.6 Å². The van der Waals surface area contributed by atoms with Crippen molar-refractivity contribution in [2.24, 2.45) is 0 Å². The molecular weight excluding hydrogens is 411 g/mol. The summed E-state index contributed by atoms with van der Waals surface area (Å²) in [6, 6.07) is 29.9. The molecule has 0 saturated carbocycles. The molecule has 0 amide bonds. The summed E-state index contributed by atoms with van der Waals surface area (Å²) in [7, 11) is 0. The normalized spacial score (nSPS) is 16.3. The first kappa shape index (κ1) is 22.6. The zero-order chi connectivity index (χ0) is 19.9. The summed E-state index contributed by atoms with van der Waals surface area (Å²) in [6.45, 7) is 5.27. The second kappa shape index (κ2) is 11.3. The molecule has 3 aromatic carbocycles. The van der Waals surface area contributed by atoms with Crippen LogP contribution in [-0.4, -0.2) is 42.5 Å². The number of nitrogens with zero attached hydrogens (tertiary/aromatic N) is 2. The third-order valence-electron chi connectivity index (χ3n) is 5.55.